The largest absolute Gasteiger partial charge is 0.370 e. The molecule has 2 aliphatic heterocycles. The van der Waals surface area contributed by atoms with Gasteiger partial charge in [-0.2, -0.15) is 20.5 Å². The first kappa shape index (κ1) is 16.5. The molecule has 8 nitrogen and oxygen atoms in total. The molecule has 0 aromatic carbocycles. The van der Waals surface area contributed by atoms with Crippen LogP contribution in [0.2, 0.25) is 0 Å². The van der Waals surface area contributed by atoms with Crippen LogP contribution in [-0.2, 0) is 9.59 Å². The Morgan fingerprint density at radius 1 is 1.05 bits per heavy atom. The first-order valence-corrected chi connectivity index (χ1v) is 7.76. The average molecular weight is 308 g/mol. The minimum absolute atomic E-state index is 0.0275. The van der Waals surface area contributed by atoms with Crippen LogP contribution in [0.4, 0.5) is 0 Å². The molecule has 0 spiro atoms. The van der Waals surface area contributed by atoms with Gasteiger partial charge in [-0.1, -0.05) is 0 Å². The Hall–Kier alpha value is -1.86. The summed E-state index contributed by atoms with van der Waals surface area (Å²) in [4.78, 5) is 23.2. The van der Waals surface area contributed by atoms with Crippen molar-refractivity contribution in [2.75, 3.05) is 6.54 Å². The molecular formula is C14H24N6O2. The Bertz CT molecular complexity index is 490. The third-order valence-electron chi connectivity index (χ3n) is 4.09. The fraction of sp³-hybridized carbons (Fsp3) is 0.857. The molecule has 122 valence electrons. The van der Waals surface area contributed by atoms with Crippen LogP contribution < -0.4 is 11.1 Å². The topological polar surface area (TPSA) is 122 Å². The monoisotopic (exact) mass is 308 g/mol. The first-order chi connectivity index (χ1) is 10.3. The normalized spacial score (nSPS) is 20.5. The Morgan fingerprint density at radius 3 is 2.18 bits per heavy atom. The number of carbonyl (C=O) groups is 2. The van der Waals surface area contributed by atoms with Crippen LogP contribution in [0, 0.1) is 5.92 Å². The summed E-state index contributed by atoms with van der Waals surface area (Å²) in [5.41, 5.74) is 4.64. The van der Waals surface area contributed by atoms with Crippen molar-refractivity contribution in [2.24, 2.45) is 32.1 Å². The highest BCUT2D eigenvalue weighted by Crippen LogP contribution is 2.33. The van der Waals surface area contributed by atoms with Gasteiger partial charge in [-0.05, 0) is 39.5 Å². The molecule has 0 bridgehead atoms. The second-order valence-corrected chi connectivity index (χ2v) is 6.47. The van der Waals surface area contributed by atoms with Crippen molar-refractivity contribution in [3.05, 3.63) is 0 Å². The van der Waals surface area contributed by atoms with E-state index in [0.717, 1.165) is 12.8 Å². The van der Waals surface area contributed by atoms with Crippen molar-refractivity contribution in [1.82, 2.24) is 5.32 Å². The lowest BCUT2D eigenvalue weighted by atomic mass is 9.93. The van der Waals surface area contributed by atoms with E-state index in [1.165, 1.54) is 0 Å². The van der Waals surface area contributed by atoms with Crippen molar-refractivity contribution >= 4 is 11.8 Å². The molecule has 2 aliphatic rings. The number of nitrogens with zero attached hydrogens (tertiary/aromatic N) is 4. The Labute approximate surface area is 130 Å². The number of hydrogen-bond donors (Lipinski definition) is 2. The summed E-state index contributed by atoms with van der Waals surface area (Å²) in [6.07, 6.45) is 3.82. The van der Waals surface area contributed by atoms with Gasteiger partial charge in [0.25, 0.3) is 0 Å². The van der Waals surface area contributed by atoms with E-state index in [9.17, 15) is 9.59 Å². The van der Waals surface area contributed by atoms with Crippen LogP contribution in [0.1, 0.15) is 52.4 Å². The van der Waals surface area contributed by atoms with E-state index in [0.29, 0.717) is 25.8 Å². The van der Waals surface area contributed by atoms with Crippen LogP contribution >= 0.6 is 0 Å². The maximum Gasteiger partial charge on any atom is 0.223 e. The average Bonchev–Trinajstić information content (AvgIpc) is 3.34. The van der Waals surface area contributed by atoms with E-state index < -0.39 is 0 Å². The summed E-state index contributed by atoms with van der Waals surface area (Å²) in [6.45, 7) is 4.43. The number of nitrogens with one attached hydrogen (secondary N) is 1. The van der Waals surface area contributed by atoms with Crippen LogP contribution in [-0.4, -0.2) is 29.7 Å². The molecule has 0 aromatic rings. The summed E-state index contributed by atoms with van der Waals surface area (Å²) < 4.78 is 0. The lowest BCUT2D eigenvalue weighted by Crippen LogP contribution is -2.33. The number of nitrogens with two attached hydrogens (primary N) is 1. The van der Waals surface area contributed by atoms with Gasteiger partial charge in [0, 0.05) is 25.3 Å². The smallest absolute Gasteiger partial charge is 0.223 e. The SMILES string of the molecule is CC1(CCC[C@@H](CCC(N)=O)C(=O)NCCC2(C)N=N2)N=N1. The molecule has 2 rings (SSSR count). The molecule has 22 heavy (non-hydrogen) atoms. The van der Waals surface area contributed by atoms with E-state index in [1.807, 2.05) is 13.8 Å². The maximum atomic E-state index is 12.3. The molecule has 0 aliphatic carbocycles. The van der Waals surface area contributed by atoms with Crippen LogP contribution in [0.25, 0.3) is 0 Å². The van der Waals surface area contributed by atoms with Gasteiger partial charge in [0.05, 0.1) is 0 Å². The van der Waals surface area contributed by atoms with E-state index in [1.54, 1.807) is 0 Å². The van der Waals surface area contributed by atoms with Gasteiger partial charge in [-0.3, -0.25) is 9.59 Å². The van der Waals surface area contributed by atoms with Crippen molar-refractivity contribution < 1.29 is 9.59 Å². The van der Waals surface area contributed by atoms with Gasteiger partial charge in [0.15, 0.2) is 11.3 Å². The third-order valence-corrected chi connectivity index (χ3v) is 4.09. The predicted molar refractivity (Wildman–Crippen MR) is 79.9 cm³/mol. The summed E-state index contributed by atoms with van der Waals surface area (Å²) in [5, 5.41) is 18.7. The molecule has 1 atom stereocenters. The molecule has 0 saturated carbocycles. The molecule has 2 heterocycles. The highest BCUT2D eigenvalue weighted by Gasteiger charge is 2.34. The summed E-state index contributed by atoms with van der Waals surface area (Å²) in [6, 6.07) is 0. The van der Waals surface area contributed by atoms with E-state index in [-0.39, 0.29) is 35.5 Å². The predicted octanol–water partition coefficient (Wildman–Crippen LogP) is 1.91. The molecule has 0 aromatic heterocycles. The fourth-order valence-electron chi connectivity index (χ4n) is 2.34. The zero-order valence-electron chi connectivity index (χ0n) is 13.2. The molecular weight excluding hydrogens is 284 g/mol. The standard InChI is InChI=1S/C14H24N6O2/c1-13(17-18-13)7-3-4-10(5-6-11(15)21)12(22)16-9-8-14(2)19-20-14/h10H,3-9H2,1-2H3,(H2,15,21)(H,16,22)/t10-/m0/s1. The maximum absolute atomic E-state index is 12.3. The zero-order chi connectivity index (χ0) is 16.2. The molecule has 3 N–H and O–H groups in total. The van der Waals surface area contributed by atoms with Gasteiger partial charge >= 0.3 is 0 Å². The minimum Gasteiger partial charge on any atom is -0.370 e. The van der Waals surface area contributed by atoms with Crippen molar-refractivity contribution in [3.63, 3.8) is 0 Å². The van der Waals surface area contributed by atoms with Crippen molar-refractivity contribution in [3.8, 4) is 0 Å². The van der Waals surface area contributed by atoms with Gasteiger partial charge < -0.3 is 11.1 Å². The van der Waals surface area contributed by atoms with Crippen molar-refractivity contribution in [2.45, 2.75) is 63.7 Å². The van der Waals surface area contributed by atoms with Crippen LogP contribution in [0.3, 0.4) is 0 Å². The van der Waals surface area contributed by atoms with Gasteiger partial charge in [0.2, 0.25) is 11.8 Å². The summed E-state index contributed by atoms with van der Waals surface area (Å²) in [5.74, 6) is -0.601. The highest BCUT2D eigenvalue weighted by atomic mass is 16.2. The highest BCUT2D eigenvalue weighted by molar-refractivity contribution is 5.80. The lowest BCUT2D eigenvalue weighted by Gasteiger charge is -2.17. The summed E-state index contributed by atoms with van der Waals surface area (Å²) >= 11 is 0. The lowest BCUT2D eigenvalue weighted by molar-refractivity contribution is -0.125. The Kier molecular flexibility index (Phi) is 4.87. The fourth-order valence-corrected chi connectivity index (χ4v) is 2.34. The second kappa shape index (κ2) is 6.50. The third kappa shape index (κ3) is 5.50. The quantitative estimate of drug-likeness (QED) is 0.605. The molecule has 2 amide bonds. The molecule has 0 radical (unpaired) electrons. The molecule has 0 fully saturated rings. The molecule has 0 saturated heterocycles. The number of primary amides is 1. The van der Waals surface area contributed by atoms with E-state index in [2.05, 4.69) is 25.8 Å². The Morgan fingerprint density at radius 2 is 1.64 bits per heavy atom. The van der Waals surface area contributed by atoms with Gasteiger partial charge in [-0.15, -0.1) is 0 Å². The minimum atomic E-state index is -0.375. The number of rotatable bonds is 11. The first-order valence-electron chi connectivity index (χ1n) is 7.76. The molecule has 8 heteroatoms. The van der Waals surface area contributed by atoms with Crippen LogP contribution in [0.5, 0.6) is 0 Å². The molecule has 0 unspecified atom stereocenters. The number of carbonyl (C=O) groups excluding carboxylic acids is 2. The van der Waals surface area contributed by atoms with E-state index in [4.69, 9.17) is 5.73 Å². The number of hydrogen-bond acceptors (Lipinski definition) is 6. The van der Waals surface area contributed by atoms with Gasteiger partial charge in [-0.25, -0.2) is 0 Å². The van der Waals surface area contributed by atoms with E-state index >= 15 is 0 Å². The summed E-state index contributed by atoms with van der Waals surface area (Å²) in [7, 11) is 0. The Balaban J connectivity index is 1.71. The van der Waals surface area contributed by atoms with Crippen molar-refractivity contribution in [1.29, 1.82) is 0 Å². The van der Waals surface area contributed by atoms with Crippen LogP contribution in [0.15, 0.2) is 20.5 Å². The zero-order valence-corrected chi connectivity index (χ0v) is 13.2. The number of amides is 2. The van der Waals surface area contributed by atoms with Gasteiger partial charge in [0.1, 0.15) is 0 Å². The second-order valence-electron chi connectivity index (χ2n) is 6.47.